The van der Waals surface area contributed by atoms with Gasteiger partial charge in [-0.15, -0.1) is 0 Å². The Labute approximate surface area is 96.4 Å². The Morgan fingerprint density at radius 2 is 2.12 bits per heavy atom. The van der Waals surface area contributed by atoms with Gasteiger partial charge in [-0.1, -0.05) is 13.3 Å². The molecule has 1 aliphatic carbocycles. The van der Waals surface area contributed by atoms with E-state index in [1.807, 2.05) is 11.8 Å². The van der Waals surface area contributed by atoms with Gasteiger partial charge in [0.1, 0.15) is 6.04 Å². The van der Waals surface area contributed by atoms with Gasteiger partial charge in [0.05, 0.1) is 6.54 Å². The Morgan fingerprint density at radius 1 is 1.44 bits per heavy atom. The van der Waals surface area contributed by atoms with Gasteiger partial charge in [0, 0.05) is 6.04 Å². The maximum absolute atomic E-state index is 11.9. The van der Waals surface area contributed by atoms with Gasteiger partial charge in [-0.3, -0.25) is 9.59 Å². The van der Waals surface area contributed by atoms with Crippen molar-refractivity contribution in [2.75, 3.05) is 6.54 Å². The van der Waals surface area contributed by atoms with Crippen molar-refractivity contribution in [3.05, 3.63) is 0 Å². The molecule has 0 aromatic heterocycles. The zero-order chi connectivity index (χ0) is 11.7. The molecule has 1 saturated carbocycles. The molecule has 2 unspecified atom stereocenters. The summed E-state index contributed by atoms with van der Waals surface area (Å²) in [5, 5.41) is 2.66. The lowest BCUT2D eigenvalue weighted by Crippen LogP contribution is -2.62. The predicted molar refractivity (Wildman–Crippen MR) is 60.7 cm³/mol. The van der Waals surface area contributed by atoms with Gasteiger partial charge in [-0.2, -0.15) is 0 Å². The minimum Gasteiger partial charge on any atom is -0.345 e. The van der Waals surface area contributed by atoms with E-state index in [1.54, 1.807) is 0 Å². The van der Waals surface area contributed by atoms with Gasteiger partial charge in [-0.05, 0) is 32.1 Å². The number of amides is 2. The zero-order valence-electron chi connectivity index (χ0n) is 10.0. The largest absolute Gasteiger partial charge is 0.345 e. The number of piperazine rings is 1. The minimum atomic E-state index is -0.253. The van der Waals surface area contributed by atoms with Gasteiger partial charge in [0.2, 0.25) is 11.8 Å². The lowest BCUT2D eigenvalue weighted by atomic mass is 9.79. The van der Waals surface area contributed by atoms with Gasteiger partial charge in [-0.25, -0.2) is 0 Å². The fraction of sp³-hybridized carbons (Fsp3) is 0.833. The molecule has 1 N–H and O–H groups in total. The first-order chi connectivity index (χ1) is 7.65. The van der Waals surface area contributed by atoms with E-state index in [0.29, 0.717) is 12.3 Å². The average molecular weight is 224 g/mol. The normalized spacial score (nSPS) is 28.6. The van der Waals surface area contributed by atoms with Crippen LogP contribution in [0.2, 0.25) is 0 Å². The first-order valence-electron chi connectivity index (χ1n) is 6.24. The van der Waals surface area contributed by atoms with E-state index in [1.165, 1.54) is 19.3 Å². The fourth-order valence-electron chi connectivity index (χ4n) is 2.71. The number of nitrogens with one attached hydrogen (secondary N) is 1. The van der Waals surface area contributed by atoms with Crippen molar-refractivity contribution >= 4 is 11.8 Å². The second-order valence-electron chi connectivity index (χ2n) is 4.87. The van der Waals surface area contributed by atoms with Crippen molar-refractivity contribution in [1.29, 1.82) is 0 Å². The van der Waals surface area contributed by atoms with Crippen LogP contribution in [0.3, 0.4) is 0 Å². The maximum atomic E-state index is 11.9. The molecule has 1 heterocycles. The molecule has 0 aromatic carbocycles. The number of hydrogen-bond acceptors (Lipinski definition) is 2. The number of carbonyl (C=O) groups is 2. The van der Waals surface area contributed by atoms with E-state index in [-0.39, 0.29) is 30.4 Å². The Hall–Kier alpha value is -1.06. The van der Waals surface area contributed by atoms with Crippen molar-refractivity contribution in [3.63, 3.8) is 0 Å². The molecule has 1 saturated heterocycles. The topological polar surface area (TPSA) is 49.4 Å². The van der Waals surface area contributed by atoms with E-state index in [4.69, 9.17) is 0 Å². The molecule has 0 radical (unpaired) electrons. The highest BCUT2D eigenvalue weighted by atomic mass is 16.2. The highest BCUT2D eigenvalue weighted by Crippen LogP contribution is 2.33. The fourth-order valence-corrected chi connectivity index (χ4v) is 2.71. The summed E-state index contributed by atoms with van der Waals surface area (Å²) >= 11 is 0. The summed E-state index contributed by atoms with van der Waals surface area (Å²) in [6.45, 7) is 4.22. The van der Waals surface area contributed by atoms with E-state index < -0.39 is 0 Å². The van der Waals surface area contributed by atoms with Crippen LogP contribution in [0.5, 0.6) is 0 Å². The highest BCUT2D eigenvalue weighted by molar-refractivity contribution is 5.94. The molecule has 1 aliphatic heterocycles. The second-order valence-corrected chi connectivity index (χ2v) is 4.87. The number of carbonyl (C=O) groups excluding carboxylic acids is 2. The molecule has 4 heteroatoms. The Morgan fingerprint density at radius 3 is 2.62 bits per heavy atom. The van der Waals surface area contributed by atoms with Crippen molar-refractivity contribution in [2.45, 2.75) is 51.6 Å². The predicted octanol–water partition coefficient (Wildman–Crippen LogP) is 0.912. The number of hydrogen-bond donors (Lipinski definition) is 1. The minimum absolute atomic E-state index is 0.00766. The molecular formula is C12H20N2O2. The molecule has 0 bridgehead atoms. The molecular weight excluding hydrogens is 204 g/mol. The van der Waals surface area contributed by atoms with Crippen LogP contribution in [0.1, 0.15) is 39.5 Å². The molecule has 0 spiro atoms. The van der Waals surface area contributed by atoms with E-state index in [9.17, 15) is 9.59 Å². The third-order valence-electron chi connectivity index (χ3n) is 4.00. The summed E-state index contributed by atoms with van der Waals surface area (Å²) in [5.74, 6) is 0.683. The lowest BCUT2D eigenvalue weighted by Gasteiger charge is -2.44. The average Bonchev–Trinajstić information content (AvgIpc) is 2.18. The SMILES string of the molecule is CCC1C(=O)NCC(=O)N1C(C)C1CCC1. The van der Waals surface area contributed by atoms with Crippen LogP contribution in [-0.4, -0.2) is 35.3 Å². The first-order valence-corrected chi connectivity index (χ1v) is 6.24. The molecule has 90 valence electrons. The third-order valence-corrected chi connectivity index (χ3v) is 4.00. The third kappa shape index (κ3) is 1.81. The lowest BCUT2D eigenvalue weighted by molar-refractivity contribution is -0.150. The van der Waals surface area contributed by atoms with E-state index >= 15 is 0 Å². The summed E-state index contributed by atoms with van der Waals surface area (Å²) < 4.78 is 0. The number of nitrogens with zero attached hydrogens (tertiary/aromatic N) is 1. The molecule has 2 atom stereocenters. The van der Waals surface area contributed by atoms with Crippen LogP contribution in [0.15, 0.2) is 0 Å². The Bertz CT molecular complexity index is 299. The standard InChI is InChI=1S/C12H20N2O2/c1-3-10-12(16)13-7-11(15)14(10)8(2)9-5-4-6-9/h8-10H,3-7H2,1-2H3,(H,13,16). The van der Waals surface area contributed by atoms with E-state index in [0.717, 1.165) is 0 Å². The summed E-state index contributed by atoms with van der Waals surface area (Å²) in [6.07, 6.45) is 4.36. The van der Waals surface area contributed by atoms with E-state index in [2.05, 4.69) is 12.2 Å². The van der Waals surface area contributed by atoms with Gasteiger partial charge in [0.25, 0.3) is 0 Å². The van der Waals surface area contributed by atoms with Crippen LogP contribution in [0.4, 0.5) is 0 Å². The highest BCUT2D eigenvalue weighted by Gasteiger charge is 2.39. The summed E-state index contributed by atoms with van der Waals surface area (Å²) in [4.78, 5) is 25.4. The second kappa shape index (κ2) is 4.44. The molecule has 0 aromatic rings. The molecule has 2 fully saturated rings. The maximum Gasteiger partial charge on any atom is 0.243 e. The van der Waals surface area contributed by atoms with Crippen LogP contribution in [0, 0.1) is 5.92 Å². The van der Waals surface area contributed by atoms with Gasteiger partial charge in [0.15, 0.2) is 0 Å². The van der Waals surface area contributed by atoms with Crippen molar-refractivity contribution < 1.29 is 9.59 Å². The first kappa shape index (κ1) is 11.4. The smallest absolute Gasteiger partial charge is 0.243 e. The Kier molecular flexibility index (Phi) is 3.17. The zero-order valence-corrected chi connectivity index (χ0v) is 10.0. The molecule has 2 amide bonds. The number of rotatable bonds is 3. The molecule has 2 aliphatic rings. The Balaban J connectivity index is 2.12. The molecule has 16 heavy (non-hydrogen) atoms. The van der Waals surface area contributed by atoms with Crippen molar-refractivity contribution in [3.8, 4) is 0 Å². The quantitative estimate of drug-likeness (QED) is 0.774. The van der Waals surface area contributed by atoms with Crippen LogP contribution in [-0.2, 0) is 9.59 Å². The monoisotopic (exact) mass is 224 g/mol. The van der Waals surface area contributed by atoms with Gasteiger partial charge < -0.3 is 10.2 Å². The summed E-state index contributed by atoms with van der Waals surface area (Å²) in [7, 11) is 0. The van der Waals surface area contributed by atoms with Crippen LogP contribution >= 0.6 is 0 Å². The van der Waals surface area contributed by atoms with Crippen LogP contribution < -0.4 is 5.32 Å². The van der Waals surface area contributed by atoms with Gasteiger partial charge >= 0.3 is 0 Å². The van der Waals surface area contributed by atoms with Crippen molar-refractivity contribution in [1.82, 2.24) is 10.2 Å². The summed E-state index contributed by atoms with van der Waals surface area (Å²) in [5.41, 5.74) is 0. The van der Waals surface area contributed by atoms with Crippen molar-refractivity contribution in [2.24, 2.45) is 5.92 Å². The molecule has 2 rings (SSSR count). The molecule has 4 nitrogen and oxygen atoms in total. The summed E-state index contributed by atoms with van der Waals surface area (Å²) in [6, 6.07) is -0.0332. The van der Waals surface area contributed by atoms with Crippen LogP contribution in [0.25, 0.3) is 0 Å².